The summed E-state index contributed by atoms with van der Waals surface area (Å²) < 4.78 is 0.863. The van der Waals surface area contributed by atoms with Gasteiger partial charge in [0, 0.05) is 23.9 Å². The highest BCUT2D eigenvalue weighted by molar-refractivity contribution is 8.01. The molecule has 3 rings (SSSR count). The van der Waals surface area contributed by atoms with Crippen LogP contribution < -0.4 is 10.6 Å². The number of benzene rings is 1. The molecule has 6 nitrogen and oxygen atoms in total. The number of halogens is 1. The van der Waals surface area contributed by atoms with Gasteiger partial charge in [-0.2, -0.15) is 5.26 Å². The normalized spacial score (nSPS) is 14.5. The molecule has 9 heteroatoms. The molecule has 1 amide bonds. The second-order valence-corrected chi connectivity index (χ2v) is 9.03. The maximum atomic E-state index is 12.1. The zero-order valence-electron chi connectivity index (χ0n) is 14.7. The number of hydrogen-bond acceptors (Lipinski definition) is 7. The molecule has 0 atom stereocenters. The van der Waals surface area contributed by atoms with E-state index >= 15 is 0 Å². The molecular formula is C18H20ClN5OS2. The van der Waals surface area contributed by atoms with Crippen LogP contribution in [0.15, 0.2) is 22.5 Å². The summed E-state index contributed by atoms with van der Waals surface area (Å²) in [7, 11) is 0. The minimum Gasteiger partial charge on any atom is -0.357 e. The third kappa shape index (κ3) is 6.09. The molecule has 0 radical (unpaired) electrons. The third-order valence-electron chi connectivity index (χ3n) is 4.27. The Morgan fingerprint density at radius 3 is 2.89 bits per heavy atom. The molecule has 1 saturated carbocycles. The van der Waals surface area contributed by atoms with E-state index in [0.29, 0.717) is 34.5 Å². The lowest BCUT2D eigenvalue weighted by Gasteiger charge is -2.21. The zero-order valence-corrected chi connectivity index (χ0v) is 17.1. The van der Waals surface area contributed by atoms with Gasteiger partial charge in [-0.1, -0.05) is 54.0 Å². The van der Waals surface area contributed by atoms with E-state index in [1.54, 1.807) is 18.2 Å². The molecule has 2 aromatic rings. The first-order chi connectivity index (χ1) is 13.1. The summed E-state index contributed by atoms with van der Waals surface area (Å²) in [4.78, 5) is 12.1. The number of carbonyl (C=O) groups is 1. The molecule has 0 spiro atoms. The maximum Gasteiger partial charge on any atom is 0.225 e. The van der Waals surface area contributed by atoms with E-state index in [1.165, 1.54) is 55.2 Å². The van der Waals surface area contributed by atoms with E-state index in [2.05, 4.69) is 20.8 Å². The smallest absolute Gasteiger partial charge is 0.225 e. The van der Waals surface area contributed by atoms with Crippen LogP contribution >= 0.6 is 34.7 Å². The first kappa shape index (κ1) is 19.9. The van der Waals surface area contributed by atoms with Gasteiger partial charge in [-0.15, -0.1) is 10.2 Å². The number of rotatable bonds is 7. The van der Waals surface area contributed by atoms with Crippen molar-refractivity contribution in [3.05, 3.63) is 28.8 Å². The number of nitrogens with one attached hydrogen (secondary N) is 2. The van der Waals surface area contributed by atoms with Crippen molar-refractivity contribution in [1.29, 1.82) is 5.26 Å². The van der Waals surface area contributed by atoms with Gasteiger partial charge >= 0.3 is 0 Å². The quantitative estimate of drug-likeness (QED) is 0.616. The van der Waals surface area contributed by atoms with E-state index in [9.17, 15) is 4.79 Å². The summed E-state index contributed by atoms with van der Waals surface area (Å²) in [6.07, 6.45) is 6.62. The topological polar surface area (TPSA) is 90.7 Å². The van der Waals surface area contributed by atoms with Gasteiger partial charge in [0.05, 0.1) is 10.6 Å². The lowest BCUT2D eigenvalue weighted by molar-refractivity contribution is -0.115. The van der Waals surface area contributed by atoms with E-state index in [1.807, 2.05) is 6.07 Å². The van der Waals surface area contributed by atoms with Crippen LogP contribution in [0, 0.1) is 11.3 Å². The molecule has 0 bridgehead atoms. The Morgan fingerprint density at radius 2 is 2.15 bits per heavy atom. The van der Waals surface area contributed by atoms with Gasteiger partial charge in [0.15, 0.2) is 4.34 Å². The average molecular weight is 422 g/mol. The highest BCUT2D eigenvalue weighted by atomic mass is 35.5. The summed E-state index contributed by atoms with van der Waals surface area (Å²) in [5.74, 6) is 0.516. The monoisotopic (exact) mass is 421 g/mol. The fourth-order valence-electron chi connectivity index (χ4n) is 2.89. The first-order valence-corrected chi connectivity index (χ1v) is 11.0. The second kappa shape index (κ2) is 9.93. The molecule has 27 heavy (non-hydrogen) atoms. The predicted octanol–water partition coefficient (Wildman–Crippen LogP) is 4.93. The fraction of sp³-hybridized carbons (Fsp3) is 0.444. The molecule has 1 aromatic carbocycles. The van der Waals surface area contributed by atoms with E-state index in [0.717, 1.165) is 9.47 Å². The lowest BCUT2D eigenvalue weighted by Crippen LogP contribution is -2.21. The minimum atomic E-state index is -0.103. The van der Waals surface area contributed by atoms with Crippen LogP contribution in [0.25, 0.3) is 0 Å². The molecular weight excluding hydrogens is 402 g/mol. The number of nitriles is 1. The van der Waals surface area contributed by atoms with Crippen molar-refractivity contribution >= 4 is 51.4 Å². The van der Waals surface area contributed by atoms with Crippen molar-refractivity contribution in [2.45, 2.75) is 48.9 Å². The summed E-state index contributed by atoms with van der Waals surface area (Å²) >= 11 is 9.04. The van der Waals surface area contributed by atoms with Gasteiger partial charge < -0.3 is 10.6 Å². The van der Waals surface area contributed by atoms with Crippen LogP contribution in [0.2, 0.25) is 5.02 Å². The highest BCUT2D eigenvalue weighted by Gasteiger charge is 2.15. The van der Waals surface area contributed by atoms with Crippen LogP contribution in [-0.4, -0.2) is 27.9 Å². The Labute approximate surface area is 171 Å². The Kier molecular flexibility index (Phi) is 7.33. The SMILES string of the molecule is N#Cc1ccc(NC(=O)CCSc2nnc(NC3CCCCC3)s2)cc1Cl. The molecule has 1 aliphatic rings. The number of anilines is 2. The number of carbonyl (C=O) groups excluding carboxylic acids is 1. The summed E-state index contributed by atoms with van der Waals surface area (Å²) in [6.45, 7) is 0. The molecule has 1 aliphatic carbocycles. The Bertz CT molecular complexity index is 829. The molecule has 1 fully saturated rings. The van der Waals surface area contributed by atoms with Crippen LogP contribution in [0.4, 0.5) is 10.8 Å². The summed E-state index contributed by atoms with van der Waals surface area (Å²) in [5, 5.41) is 24.7. The van der Waals surface area contributed by atoms with Crippen LogP contribution in [-0.2, 0) is 4.79 Å². The van der Waals surface area contributed by atoms with Crippen molar-refractivity contribution in [3.63, 3.8) is 0 Å². The molecule has 0 saturated heterocycles. The van der Waals surface area contributed by atoms with Crippen molar-refractivity contribution < 1.29 is 4.79 Å². The van der Waals surface area contributed by atoms with E-state index in [4.69, 9.17) is 16.9 Å². The van der Waals surface area contributed by atoms with Gasteiger partial charge in [-0.05, 0) is 31.0 Å². The van der Waals surface area contributed by atoms with Crippen LogP contribution in [0.3, 0.4) is 0 Å². The van der Waals surface area contributed by atoms with Gasteiger partial charge in [0.1, 0.15) is 6.07 Å². The number of hydrogen-bond donors (Lipinski definition) is 2. The number of aromatic nitrogens is 2. The Morgan fingerprint density at radius 1 is 1.33 bits per heavy atom. The lowest BCUT2D eigenvalue weighted by atomic mass is 9.96. The van der Waals surface area contributed by atoms with Crippen molar-refractivity contribution in [2.75, 3.05) is 16.4 Å². The molecule has 0 unspecified atom stereocenters. The fourth-order valence-corrected chi connectivity index (χ4v) is 4.95. The van der Waals surface area contributed by atoms with Gasteiger partial charge in [-0.25, -0.2) is 0 Å². The van der Waals surface area contributed by atoms with Gasteiger partial charge in [-0.3, -0.25) is 4.79 Å². The number of thioether (sulfide) groups is 1. The first-order valence-electron chi connectivity index (χ1n) is 8.86. The van der Waals surface area contributed by atoms with Crippen molar-refractivity contribution in [2.24, 2.45) is 0 Å². The van der Waals surface area contributed by atoms with E-state index in [-0.39, 0.29) is 5.91 Å². The Hall–Kier alpha value is -1.82. The maximum absolute atomic E-state index is 12.1. The molecule has 2 N–H and O–H groups in total. The van der Waals surface area contributed by atoms with Crippen molar-refractivity contribution in [3.8, 4) is 6.07 Å². The largest absolute Gasteiger partial charge is 0.357 e. The second-order valence-electron chi connectivity index (χ2n) is 6.31. The zero-order chi connectivity index (χ0) is 19.1. The Balaban J connectivity index is 1.41. The number of amides is 1. The van der Waals surface area contributed by atoms with Crippen LogP contribution in [0.5, 0.6) is 0 Å². The number of nitrogens with zero attached hydrogens (tertiary/aromatic N) is 3. The van der Waals surface area contributed by atoms with Crippen molar-refractivity contribution in [1.82, 2.24) is 10.2 Å². The highest BCUT2D eigenvalue weighted by Crippen LogP contribution is 2.28. The summed E-state index contributed by atoms with van der Waals surface area (Å²) in [5.41, 5.74) is 0.975. The van der Waals surface area contributed by atoms with Crippen LogP contribution in [0.1, 0.15) is 44.1 Å². The molecule has 0 aliphatic heterocycles. The predicted molar refractivity (Wildman–Crippen MR) is 111 cm³/mol. The molecule has 1 aromatic heterocycles. The minimum absolute atomic E-state index is 0.103. The van der Waals surface area contributed by atoms with Gasteiger partial charge in [0.2, 0.25) is 11.0 Å². The average Bonchev–Trinajstić information content (AvgIpc) is 3.10. The summed E-state index contributed by atoms with van der Waals surface area (Å²) in [6, 6.07) is 7.34. The third-order valence-corrected chi connectivity index (χ3v) is 6.57. The molecule has 1 heterocycles. The standard InChI is InChI=1S/C18H20ClN5OS2/c19-15-10-14(7-6-12(15)11-20)21-16(25)8-9-26-18-24-23-17(27-18)22-13-4-2-1-3-5-13/h6-7,10,13H,1-5,8-9H2,(H,21,25)(H,22,23). The molecule has 142 valence electrons. The van der Waals surface area contributed by atoms with E-state index < -0.39 is 0 Å². The van der Waals surface area contributed by atoms with Gasteiger partial charge in [0.25, 0.3) is 0 Å².